The zero-order valence-electron chi connectivity index (χ0n) is 21.2. The van der Waals surface area contributed by atoms with Crippen molar-refractivity contribution in [1.82, 2.24) is 9.78 Å². The maximum Gasteiger partial charge on any atom is 0.227 e. The molecule has 4 bridgehead atoms. The summed E-state index contributed by atoms with van der Waals surface area (Å²) in [6, 6.07) is 12.1. The summed E-state index contributed by atoms with van der Waals surface area (Å²) >= 11 is 0. The average Bonchev–Trinajstić information content (AvgIpc) is 3.62. The number of rotatable bonds is 7. The number of amides is 1. The van der Waals surface area contributed by atoms with E-state index < -0.39 is 5.67 Å². The molecule has 5 nitrogen and oxygen atoms in total. The predicted molar refractivity (Wildman–Crippen MR) is 135 cm³/mol. The van der Waals surface area contributed by atoms with Gasteiger partial charge in [0.05, 0.1) is 17.3 Å². The molecule has 1 aromatic carbocycles. The topological polar surface area (TPSA) is 61.9 Å². The van der Waals surface area contributed by atoms with E-state index in [1.165, 1.54) is 24.2 Å². The normalized spacial score (nSPS) is 36.0. The van der Waals surface area contributed by atoms with Gasteiger partial charge in [0.2, 0.25) is 5.91 Å². The minimum Gasteiger partial charge on any atom is -0.312 e. The SMILES string of the molecule is Cn1nc(C23CCC(CN(C(=O)CC45CC(F)(C4)C5)c4cccc(C#N)c4)(CC2)CC3)cc1C1CC1. The molecule has 0 saturated heterocycles. The molecule has 7 saturated carbocycles. The fraction of sp³-hybridized carbons (Fsp3) is 0.633. The summed E-state index contributed by atoms with van der Waals surface area (Å²) in [5, 5.41) is 14.5. The smallest absolute Gasteiger partial charge is 0.227 e. The van der Waals surface area contributed by atoms with Crippen LogP contribution in [-0.2, 0) is 17.3 Å². The zero-order chi connectivity index (χ0) is 24.8. The Morgan fingerprint density at radius 3 is 2.42 bits per heavy atom. The van der Waals surface area contributed by atoms with Gasteiger partial charge < -0.3 is 4.90 Å². The maximum atomic E-state index is 14.2. The lowest BCUT2D eigenvalue weighted by Crippen LogP contribution is -2.65. The molecule has 7 aliphatic rings. The number of halogens is 1. The first-order chi connectivity index (χ1) is 17.2. The van der Waals surface area contributed by atoms with Crippen LogP contribution in [0.4, 0.5) is 10.1 Å². The number of anilines is 1. The number of aromatic nitrogens is 2. The van der Waals surface area contributed by atoms with Crippen LogP contribution in [0.5, 0.6) is 0 Å². The van der Waals surface area contributed by atoms with E-state index >= 15 is 0 Å². The molecule has 1 heterocycles. The molecule has 0 aliphatic heterocycles. The number of carbonyl (C=O) groups excluding carboxylic acids is 1. The lowest BCUT2D eigenvalue weighted by molar-refractivity contribution is -0.215. The van der Waals surface area contributed by atoms with Gasteiger partial charge in [0, 0.05) is 42.7 Å². The Labute approximate surface area is 212 Å². The van der Waals surface area contributed by atoms with Gasteiger partial charge >= 0.3 is 0 Å². The predicted octanol–water partition coefficient (Wildman–Crippen LogP) is 6.08. The Morgan fingerprint density at radius 2 is 1.81 bits per heavy atom. The highest BCUT2D eigenvalue weighted by Gasteiger charge is 2.69. The van der Waals surface area contributed by atoms with Gasteiger partial charge in [-0.25, -0.2) is 4.39 Å². The molecule has 2 aromatic rings. The van der Waals surface area contributed by atoms with Crippen LogP contribution in [0.3, 0.4) is 0 Å². The standard InChI is InChI=1S/C30H35FN4O/c1-34-24(22-5-6-22)14-25(33-34)29-10-7-27(8-11-29,9-12-29)20-35(23-4-2-3-21(13-23)16-32)26(36)15-28-17-30(31,18-28)19-28/h2-4,13-14,22H,5-12,15,17-20H2,1H3. The highest BCUT2D eigenvalue weighted by molar-refractivity contribution is 5.94. The number of alkyl halides is 1. The van der Waals surface area contributed by atoms with Crippen molar-refractivity contribution in [3.63, 3.8) is 0 Å². The molecule has 0 radical (unpaired) electrons. The van der Waals surface area contributed by atoms with Gasteiger partial charge in [0.15, 0.2) is 0 Å². The second-order valence-corrected chi connectivity index (χ2v) is 13.1. The van der Waals surface area contributed by atoms with Crippen molar-refractivity contribution in [2.75, 3.05) is 11.4 Å². The molecule has 0 spiro atoms. The van der Waals surface area contributed by atoms with Gasteiger partial charge in [-0.3, -0.25) is 9.48 Å². The number of hydrogen-bond donors (Lipinski definition) is 0. The van der Waals surface area contributed by atoms with Crippen molar-refractivity contribution >= 4 is 11.6 Å². The number of benzene rings is 1. The molecular formula is C30H35FN4O. The number of nitrogens with zero attached hydrogens (tertiary/aromatic N) is 4. The Bertz CT molecular complexity index is 1240. The van der Waals surface area contributed by atoms with Gasteiger partial charge in [-0.1, -0.05) is 6.07 Å². The molecule has 9 rings (SSSR count). The Morgan fingerprint density at radius 1 is 1.11 bits per heavy atom. The lowest BCUT2D eigenvalue weighted by Gasteiger charge is -2.66. The van der Waals surface area contributed by atoms with Gasteiger partial charge in [-0.15, -0.1) is 0 Å². The van der Waals surface area contributed by atoms with Crippen molar-refractivity contribution in [2.45, 2.75) is 94.1 Å². The van der Waals surface area contributed by atoms with Crippen LogP contribution in [0, 0.1) is 22.2 Å². The Balaban J connectivity index is 1.11. The van der Waals surface area contributed by atoms with Crippen molar-refractivity contribution in [3.8, 4) is 6.07 Å². The number of aryl methyl sites for hydroxylation is 1. The van der Waals surface area contributed by atoms with E-state index in [0.29, 0.717) is 43.7 Å². The Hall–Kier alpha value is -2.68. The first-order valence-electron chi connectivity index (χ1n) is 13.8. The minimum absolute atomic E-state index is 0.0995. The van der Waals surface area contributed by atoms with Crippen molar-refractivity contribution in [2.24, 2.45) is 17.9 Å². The number of nitriles is 1. The van der Waals surface area contributed by atoms with E-state index in [4.69, 9.17) is 5.10 Å². The summed E-state index contributed by atoms with van der Waals surface area (Å²) in [7, 11) is 2.10. The average molecular weight is 487 g/mol. The fourth-order valence-electron chi connectivity index (χ4n) is 8.25. The molecule has 7 fully saturated rings. The lowest BCUT2D eigenvalue weighted by atomic mass is 9.41. The van der Waals surface area contributed by atoms with E-state index in [9.17, 15) is 14.4 Å². The van der Waals surface area contributed by atoms with Crippen LogP contribution in [0.2, 0.25) is 0 Å². The Kier molecular flexibility index (Phi) is 4.65. The summed E-state index contributed by atoms with van der Waals surface area (Å²) < 4.78 is 16.3. The molecule has 0 atom stereocenters. The molecule has 6 heteroatoms. The van der Waals surface area contributed by atoms with Gasteiger partial charge in [-0.05, 0) is 106 Å². The third kappa shape index (κ3) is 3.45. The van der Waals surface area contributed by atoms with Crippen LogP contribution in [-0.4, -0.2) is 27.9 Å². The first-order valence-corrected chi connectivity index (χ1v) is 13.8. The molecule has 1 amide bonds. The summed E-state index contributed by atoms with van der Waals surface area (Å²) in [6.45, 7) is 0.698. The van der Waals surface area contributed by atoms with E-state index in [1.54, 1.807) is 6.07 Å². The number of fused-ring (bicyclic) bond motifs is 3. The van der Waals surface area contributed by atoms with Crippen LogP contribution in [0.1, 0.15) is 99.9 Å². The van der Waals surface area contributed by atoms with Crippen LogP contribution >= 0.6 is 0 Å². The first kappa shape index (κ1) is 22.5. The molecular weight excluding hydrogens is 451 g/mol. The fourth-order valence-corrected chi connectivity index (χ4v) is 8.25. The van der Waals surface area contributed by atoms with E-state index in [0.717, 1.165) is 44.2 Å². The van der Waals surface area contributed by atoms with E-state index in [1.807, 2.05) is 23.1 Å². The van der Waals surface area contributed by atoms with Crippen molar-refractivity contribution < 1.29 is 9.18 Å². The largest absolute Gasteiger partial charge is 0.312 e. The highest BCUT2D eigenvalue weighted by Crippen LogP contribution is 2.71. The second-order valence-electron chi connectivity index (χ2n) is 13.1. The highest BCUT2D eigenvalue weighted by atomic mass is 19.1. The third-order valence-electron chi connectivity index (χ3n) is 10.5. The van der Waals surface area contributed by atoms with E-state index in [-0.39, 0.29) is 22.2 Å². The molecule has 7 aliphatic carbocycles. The zero-order valence-corrected chi connectivity index (χ0v) is 21.2. The second kappa shape index (κ2) is 7.43. The molecule has 36 heavy (non-hydrogen) atoms. The van der Waals surface area contributed by atoms with Crippen LogP contribution in [0.25, 0.3) is 0 Å². The molecule has 0 unspecified atom stereocenters. The van der Waals surface area contributed by atoms with E-state index in [2.05, 4.69) is 23.9 Å². The number of carbonyl (C=O) groups is 1. The van der Waals surface area contributed by atoms with Gasteiger partial charge in [-0.2, -0.15) is 10.4 Å². The number of hydrogen-bond acceptors (Lipinski definition) is 3. The van der Waals surface area contributed by atoms with Crippen LogP contribution < -0.4 is 4.90 Å². The summed E-state index contributed by atoms with van der Waals surface area (Å²) in [5.41, 5.74) is 3.25. The quantitative estimate of drug-likeness (QED) is 0.477. The molecule has 188 valence electrons. The van der Waals surface area contributed by atoms with Crippen molar-refractivity contribution in [3.05, 3.63) is 47.3 Å². The monoisotopic (exact) mass is 486 g/mol. The summed E-state index contributed by atoms with van der Waals surface area (Å²) in [4.78, 5) is 15.7. The summed E-state index contributed by atoms with van der Waals surface area (Å²) in [5.74, 6) is 0.804. The maximum absolute atomic E-state index is 14.2. The molecule has 1 aromatic heterocycles. The minimum atomic E-state index is -0.995. The van der Waals surface area contributed by atoms with Crippen molar-refractivity contribution in [1.29, 1.82) is 5.26 Å². The third-order valence-corrected chi connectivity index (χ3v) is 10.5. The van der Waals surface area contributed by atoms with Crippen LogP contribution in [0.15, 0.2) is 30.3 Å². The molecule has 0 N–H and O–H groups in total. The van der Waals surface area contributed by atoms with Gasteiger partial charge in [0.1, 0.15) is 5.67 Å². The summed E-state index contributed by atoms with van der Waals surface area (Å²) in [6.07, 6.45) is 11.3. The van der Waals surface area contributed by atoms with Gasteiger partial charge in [0.25, 0.3) is 0 Å².